The molecule has 1 aromatic heterocycles. The van der Waals surface area contributed by atoms with Gasteiger partial charge in [-0.3, -0.25) is 14.9 Å². The number of anilines is 1. The van der Waals surface area contributed by atoms with E-state index < -0.39 is 0 Å². The van der Waals surface area contributed by atoms with Crippen molar-refractivity contribution in [3.05, 3.63) is 68.6 Å². The minimum absolute atomic E-state index is 0.230. The van der Waals surface area contributed by atoms with Crippen molar-refractivity contribution in [2.24, 2.45) is 0 Å². The number of hydrogen-bond donors (Lipinski definition) is 1. The molecular weight excluding hydrogens is 435 g/mol. The van der Waals surface area contributed by atoms with Crippen LogP contribution < -0.4 is 14.8 Å². The van der Waals surface area contributed by atoms with Crippen LogP contribution in [0.15, 0.2) is 42.6 Å². The molecule has 9 heteroatoms. The van der Waals surface area contributed by atoms with Crippen LogP contribution in [0.2, 0.25) is 10.0 Å². The summed E-state index contributed by atoms with van der Waals surface area (Å²) in [7, 11) is 1.46. The van der Waals surface area contributed by atoms with Crippen molar-refractivity contribution < 1.29 is 19.1 Å². The summed E-state index contributed by atoms with van der Waals surface area (Å²) in [4.78, 5) is 28.1. The largest absolute Gasteiger partial charge is 0.493 e. The molecule has 0 atom stereocenters. The predicted octanol–water partition coefficient (Wildman–Crippen LogP) is 4.88. The quantitative estimate of drug-likeness (QED) is 0.494. The lowest BCUT2D eigenvalue weighted by Gasteiger charge is -2.10. The molecule has 0 aliphatic carbocycles. The number of benzene rings is 2. The lowest BCUT2D eigenvalue weighted by molar-refractivity contribution is -0.118. The van der Waals surface area contributed by atoms with Gasteiger partial charge >= 0.3 is 0 Å². The van der Waals surface area contributed by atoms with Gasteiger partial charge in [0.25, 0.3) is 5.91 Å². The number of rotatable bonds is 8. The Kier molecular flexibility index (Phi) is 7.09. The number of aromatic nitrogens is 1. The Morgan fingerprint density at radius 1 is 1.21 bits per heavy atom. The first kappa shape index (κ1) is 21.1. The van der Waals surface area contributed by atoms with Gasteiger partial charge in [0.15, 0.2) is 23.2 Å². The second-order valence-corrected chi connectivity index (χ2v) is 7.87. The van der Waals surface area contributed by atoms with E-state index in [-0.39, 0.29) is 12.5 Å². The lowest BCUT2D eigenvalue weighted by atomic mass is 10.1. The molecule has 6 nitrogen and oxygen atoms in total. The maximum absolute atomic E-state index is 12.2. The normalized spacial score (nSPS) is 10.4. The van der Waals surface area contributed by atoms with Gasteiger partial charge in [-0.2, -0.15) is 0 Å². The molecule has 0 fully saturated rings. The number of aldehydes is 1. The van der Waals surface area contributed by atoms with E-state index in [0.29, 0.717) is 44.9 Å². The van der Waals surface area contributed by atoms with Crippen molar-refractivity contribution in [2.75, 3.05) is 19.0 Å². The first-order valence-electron chi connectivity index (χ1n) is 8.43. The number of hydrogen-bond acceptors (Lipinski definition) is 6. The minimum atomic E-state index is -0.367. The molecule has 29 heavy (non-hydrogen) atoms. The van der Waals surface area contributed by atoms with Gasteiger partial charge in [-0.1, -0.05) is 23.2 Å². The first-order chi connectivity index (χ1) is 14.0. The molecule has 0 spiro atoms. The summed E-state index contributed by atoms with van der Waals surface area (Å²) in [6.45, 7) is -0.230. The Balaban J connectivity index is 1.58. The Morgan fingerprint density at radius 2 is 2.03 bits per heavy atom. The Hall–Kier alpha value is -2.61. The highest BCUT2D eigenvalue weighted by molar-refractivity contribution is 7.15. The van der Waals surface area contributed by atoms with Gasteiger partial charge in [-0.15, -0.1) is 11.3 Å². The maximum Gasteiger partial charge on any atom is 0.264 e. The fraction of sp³-hybridized carbons (Fsp3) is 0.150. The smallest absolute Gasteiger partial charge is 0.264 e. The zero-order valence-corrected chi connectivity index (χ0v) is 17.6. The van der Waals surface area contributed by atoms with Gasteiger partial charge in [0.2, 0.25) is 0 Å². The van der Waals surface area contributed by atoms with Gasteiger partial charge < -0.3 is 9.47 Å². The fourth-order valence-electron chi connectivity index (χ4n) is 2.49. The molecule has 0 aliphatic heterocycles. The van der Waals surface area contributed by atoms with Crippen LogP contribution in [-0.4, -0.2) is 30.9 Å². The highest BCUT2D eigenvalue weighted by atomic mass is 35.5. The van der Waals surface area contributed by atoms with E-state index in [1.165, 1.54) is 24.5 Å². The van der Waals surface area contributed by atoms with Crippen LogP contribution in [0.4, 0.5) is 5.13 Å². The number of ether oxygens (including phenoxy) is 2. The van der Waals surface area contributed by atoms with Crippen LogP contribution in [0, 0.1) is 0 Å². The van der Waals surface area contributed by atoms with E-state index in [4.69, 9.17) is 32.7 Å². The van der Waals surface area contributed by atoms with Crippen LogP contribution in [0.3, 0.4) is 0 Å². The van der Waals surface area contributed by atoms with Gasteiger partial charge in [-0.25, -0.2) is 4.98 Å². The summed E-state index contributed by atoms with van der Waals surface area (Å²) in [6, 6.07) is 9.97. The third-order valence-electron chi connectivity index (χ3n) is 3.85. The molecule has 0 radical (unpaired) electrons. The van der Waals surface area contributed by atoms with Crippen molar-refractivity contribution >= 4 is 51.9 Å². The Morgan fingerprint density at radius 3 is 2.79 bits per heavy atom. The highest BCUT2D eigenvalue weighted by Crippen LogP contribution is 2.28. The number of carbonyl (C=O) groups excluding carboxylic acids is 2. The summed E-state index contributed by atoms with van der Waals surface area (Å²) in [6.07, 6.45) is 2.94. The lowest BCUT2D eigenvalue weighted by Crippen LogP contribution is -2.20. The third kappa shape index (κ3) is 5.69. The van der Waals surface area contributed by atoms with Crippen molar-refractivity contribution in [1.29, 1.82) is 0 Å². The molecule has 1 N–H and O–H groups in total. The zero-order valence-electron chi connectivity index (χ0n) is 15.3. The second-order valence-electron chi connectivity index (χ2n) is 5.91. The summed E-state index contributed by atoms with van der Waals surface area (Å²) >= 11 is 13.5. The van der Waals surface area contributed by atoms with Crippen LogP contribution in [0.1, 0.15) is 20.8 Å². The average molecular weight is 451 g/mol. The summed E-state index contributed by atoms with van der Waals surface area (Å²) in [5.74, 6) is 0.370. The predicted molar refractivity (Wildman–Crippen MR) is 114 cm³/mol. The Bertz CT molecular complexity index is 1040. The monoisotopic (exact) mass is 450 g/mol. The highest BCUT2D eigenvalue weighted by Gasteiger charge is 2.12. The summed E-state index contributed by atoms with van der Waals surface area (Å²) in [5, 5.41) is 4.37. The molecule has 0 aliphatic rings. The SMILES string of the molecule is COc1cc(C=O)ccc1OCC(=O)Nc1ncc(Cc2cc(Cl)ccc2Cl)s1. The molecule has 0 saturated carbocycles. The van der Waals surface area contributed by atoms with Gasteiger partial charge in [-0.05, 0) is 42.0 Å². The molecule has 0 unspecified atom stereocenters. The molecule has 1 amide bonds. The molecule has 150 valence electrons. The number of halogens is 2. The number of carbonyl (C=O) groups is 2. The van der Waals surface area contributed by atoms with Crippen LogP contribution >= 0.6 is 34.5 Å². The topological polar surface area (TPSA) is 77.5 Å². The van der Waals surface area contributed by atoms with E-state index >= 15 is 0 Å². The molecule has 1 heterocycles. The van der Waals surface area contributed by atoms with Gasteiger partial charge in [0.1, 0.15) is 6.29 Å². The van der Waals surface area contributed by atoms with E-state index in [0.717, 1.165) is 10.4 Å². The van der Waals surface area contributed by atoms with E-state index in [1.54, 1.807) is 36.5 Å². The van der Waals surface area contributed by atoms with Crippen molar-refractivity contribution in [2.45, 2.75) is 6.42 Å². The number of nitrogens with one attached hydrogen (secondary N) is 1. The van der Waals surface area contributed by atoms with Crippen LogP contribution in [0.5, 0.6) is 11.5 Å². The van der Waals surface area contributed by atoms with Crippen molar-refractivity contribution in [3.63, 3.8) is 0 Å². The number of nitrogens with zero attached hydrogens (tertiary/aromatic N) is 1. The molecule has 0 bridgehead atoms. The molecule has 3 aromatic rings. The Labute approximate surface area is 181 Å². The fourth-order valence-corrected chi connectivity index (χ4v) is 3.72. The van der Waals surface area contributed by atoms with Crippen molar-refractivity contribution in [3.8, 4) is 11.5 Å². The van der Waals surface area contributed by atoms with Gasteiger partial charge in [0, 0.05) is 33.1 Å². The summed E-state index contributed by atoms with van der Waals surface area (Å²) in [5.41, 5.74) is 1.34. The maximum atomic E-state index is 12.2. The van der Waals surface area contributed by atoms with Crippen molar-refractivity contribution in [1.82, 2.24) is 4.98 Å². The number of methoxy groups -OCH3 is 1. The second kappa shape index (κ2) is 9.73. The van der Waals surface area contributed by atoms with Crippen LogP contribution in [0.25, 0.3) is 0 Å². The molecule has 0 saturated heterocycles. The number of amides is 1. The van der Waals surface area contributed by atoms with Crippen LogP contribution in [-0.2, 0) is 11.2 Å². The van der Waals surface area contributed by atoms with E-state index in [9.17, 15) is 9.59 Å². The van der Waals surface area contributed by atoms with Gasteiger partial charge in [0.05, 0.1) is 7.11 Å². The molecule has 3 rings (SSSR count). The zero-order chi connectivity index (χ0) is 20.8. The van der Waals surface area contributed by atoms with E-state index in [1.807, 2.05) is 0 Å². The third-order valence-corrected chi connectivity index (χ3v) is 5.37. The minimum Gasteiger partial charge on any atom is -0.493 e. The standard InChI is InChI=1S/C20H16Cl2N2O4S/c1-27-18-6-12(10-25)2-5-17(18)28-11-19(26)24-20-23-9-15(29-20)8-13-7-14(21)3-4-16(13)22/h2-7,9-10H,8,11H2,1H3,(H,23,24,26). The summed E-state index contributed by atoms with van der Waals surface area (Å²) < 4.78 is 10.7. The molecule has 2 aromatic carbocycles. The first-order valence-corrected chi connectivity index (χ1v) is 10.00. The van der Waals surface area contributed by atoms with E-state index in [2.05, 4.69) is 10.3 Å². The average Bonchev–Trinajstić information content (AvgIpc) is 3.15. The molecular formula is C20H16Cl2N2O4S. The number of thiazole rings is 1.